The van der Waals surface area contributed by atoms with Crippen LogP contribution in [0.25, 0.3) is 11.3 Å². The zero-order valence-electron chi connectivity index (χ0n) is 22.1. The monoisotopic (exact) mass is 513 g/mol. The molecule has 1 aliphatic heterocycles. The van der Waals surface area contributed by atoms with E-state index >= 15 is 4.39 Å². The molecule has 198 valence electrons. The summed E-state index contributed by atoms with van der Waals surface area (Å²) >= 11 is 0. The van der Waals surface area contributed by atoms with Crippen LogP contribution >= 0.6 is 0 Å². The molecule has 7 heteroatoms. The number of carbonyl (C=O) groups is 1. The number of allylic oxidation sites excluding steroid dienone is 2. The summed E-state index contributed by atoms with van der Waals surface area (Å²) in [5, 5.41) is 0. The molecule has 2 N–H and O–H groups in total. The van der Waals surface area contributed by atoms with E-state index in [9.17, 15) is 4.79 Å². The van der Waals surface area contributed by atoms with Crippen molar-refractivity contribution in [2.24, 2.45) is 11.7 Å². The number of nitrogens with zero attached hydrogens (tertiary/aromatic N) is 4. The first-order valence-electron chi connectivity index (χ1n) is 13.8. The van der Waals surface area contributed by atoms with E-state index in [-0.39, 0.29) is 17.5 Å². The van der Waals surface area contributed by atoms with Gasteiger partial charge in [0.15, 0.2) is 0 Å². The summed E-state index contributed by atoms with van der Waals surface area (Å²) in [7, 11) is 0. The zero-order chi connectivity index (χ0) is 26.5. The van der Waals surface area contributed by atoms with E-state index in [1.807, 2.05) is 25.2 Å². The second-order valence-corrected chi connectivity index (χ2v) is 10.5. The lowest BCUT2D eigenvalue weighted by Crippen LogP contribution is -2.50. The van der Waals surface area contributed by atoms with Crippen molar-refractivity contribution < 1.29 is 9.18 Å². The molecule has 0 radical (unpaired) electrons. The molecule has 3 aliphatic rings. The number of carbonyl (C=O) groups excluding carboxylic acids is 1. The summed E-state index contributed by atoms with van der Waals surface area (Å²) in [4.78, 5) is 26.3. The first-order chi connectivity index (χ1) is 18.5. The molecule has 1 amide bonds. The Morgan fingerprint density at radius 1 is 1.11 bits per heavy atom. The third kappa shape index (κ3) is 6.03. The maximum atomic E-state index is 15.3. The van der Waals surface area contributed by atoms with Gasteiger partial charge in [0.25, 0.3) is 5.91 Å². The van der Waals surface area contributed by atoms with Crippen LogP contribution in [0.2, 0.25) is 0 Å². The van der Waals surface area contributed by atoms with Crippen LogP contribution < -0.4 is 5.73 Å². The molecule has 2 heterocycles. The van der Waals surface area contributed by atoms with Crippen LogP contribution in [-0.4, -0.2) is 64.4 Å². The number of hydrogen-bond acceptors (Lipinski definition) is 5. The predicted molar refractivity (Wildman–Crippen MR) is 148 cm³/mol. The summed E-state index contributed by atoms with van der Waals surface area (Å²) in [5.74, 6) is 6.31. The van der Waals surface area contributed by atoms with Crippen LogP contribution in [0.3, 0.4) is 0 Å². The van der Waals surface area contributed by atoms with Crippen molar-refractivity contribution in [2.45, 2.75) is 51.5 Å². The number of rotatable bonds is 5. The molecule has 6 nitrogen and oxygen atoms in total. The Balaban J connectivity index is 1.30. The van der Waals surface area contributed by atoms with Crippen molar-refractivity contribution in [1.82, 2.24) is 19.8 Å². The lowest BCUT2D eigenvalue weighted by atomic mass is 9.89. The third-order valence-electron chi connectivity index (χ3n) is 7.84. The Morgan fingerprint density at radius 3 is 2.58 bits per heavy atom. The van der Waals surface area contributed by atoms with Crippen molar-refractivity contribution in [3.63, 3.8) is 0 Å². The highest BCUT2D eigenvalue weighted by molar-refractivity contribution is 5.95. The molecule has 38 heavy (non-hydrogen) atoms. The number of aromatic nitrogens is 2. The van der Waals surface area contributed by atoms with Gasteiger partial charge in [-0.2, -0.15) is 0 Å². The van der Waals surface area contributed by atoms with Crippen molar-refractivity contribution in [1.29, 1.82) is 0 Å². The van der Waals surface area contributed by atoms with Crippen LogP contribution in [0, 0.1) is 23.6 Å². The van der Waals surface area contributed by atoms with Crippen LogP contribution in [-0.2, 0) is 6.42 Å². The predicted octanol–water partition coefficient (Wildman–Crippen LogP) is 4.36. The van der Waals surface area contributed by atoms with E-state index in [1.165, 1.54) is 44.5 Å². The van der Waals surface area contributed by atoms with Crippen molar-refractivity contribution >= 4 is 5.91 Å². The minimum atomic E-state index is -0.542. The van der Waals surface area contributed by atoms with Gasteiger partial charge in [-0.3, -0.25) is 9.69 Å². The van der Waals surface area contributed by atoms with E-state index in [0.29, 0.717) is 36.3 Å². The van der Waals surface area contributed by atoms with Gasteiger partial charge in [-0.05, 0) is 49.5 Å². The number of nitrogens with two attached hydrogens (primary N) is 1. The van der Waals surface area contributed by atoms with Crippen LogP contribution in [0.5, 0.6) is 0 Å². The molecule has 1 unspecified atom stereocenters. The molecule has 1 aromatic heterocycles. The van der Waals surface area contributed by atoms with Gasteiger partial charge < -0.3 is 10.6 Å². The smallest absolute Gasteiger partial charge is 0.256 e. The van der Waals surface area contributed by atoms with Gasteiger partial charge in [0.2, 0.25) is 0 Å². The van der Waals surface area contributed by atoms with Gasteiger partial charge in [-0.15, -0.1) is 0 Å². The van der Waals surface area contributed by atoms with Crippen LogP contribution in [0.4, 0.5) is 4.39 Å². The first-order valence-corrected chi connectivity index (χ1v) is 13.8. The average Bonchev–Trinajstić information content (AvgIpc) is 3.37. The zero-order valence-corrected chi connectivity index (χ0v) is 22.1. The molecule has 1 aromatic carbocycles. The maximum absolute atomic E-state index is 15.3. The van der Waals surface area contributed by atoms with Gasteiger partial charge in [-0.1, -0.05) is 50.2 Å². The van der Waals surface area contributed by atoms with E-state index in [0.717, 1.165) is 36.8 Å². The Kier molecular flexibility index (Phi) is 8.31. The summed E-state index contributed by atoms with van der Waals surface area (Å²) < 4.78 is 15.3. The largest absolute Gasteiger partial charge is 0.336 e. The van der Waals surface area contributed by atoms with Crippen LogP contribution in [0.15, 0.2) is 48.3 Å². The summed E-state index contributed by atoms with van der Waals surface area (Å²) in [6, 6.07) is 4.60. The van der Waals surface area contributed by atoms with Gasteiger partial charge in [-0.25, -0.2) is 14.4 Å². The Hall–Kier alpha value is -3.34. The van der Waals surface area contributed by atoms with E-state index in [4.69, 9.17) is 5.73 Å². The van der Waals surface area contributed by atoms with E-state index in [1.54, 1.807) is 17.0 Å². The van der Waals surface area contributed by atoms with E-state index < -0.39 is 5.82 Å². The second kappa shape index (κ2) is 12.0. The summed E-state index contributed by atoms with van der Waals surface area (Å²) in [5.41, 5.74) is 9.42. The fourth-order valence-electron chi connectivity index (χ4n) is 5.67. The maximum Gasteiger partial charge on any atom is 0.256 e. The highest BCUT2D eigenvalue weighted by Gasteiger charge is 2.26. The molecule has 1 saturated heterocycles. The van der Waals surface area contributed by atoms with Crippen molar-refractivity contribution in [3.8, 4) is 23.1 Å². The van der Waals surface area contributed by atoms with Gasteiger partial charge in [0.05, 0.1) is 22.5 Å². The highest BCUT2D eigenvalue weighted by Crippen LogP contribution is 2.27. The molecule has 1 atom stereocenters. The second-order valence-electron chi connectivity index (χ2n) is 10.5. The lowest BCUT2D eigenvalue weighted by Gasteiger charge is -2.37. The lowest BCUT2D eigenvalue weighted by molar-refractivity contribution is 0.0602. The van der Waals surface area contributed by atoms with Crippen molar-refractivity contribution in [2.75, 3.05) is 32.7 Å². The van der Waals surface area contributed by atoms with Crippen molar-refractivity contribution in [3.05, 3.63) is 71.0 Å². The molecular formula is C31H36FN5O. The first kappa shape index (κ1) is 26.3. The summed E-state index contributed by atoms with van der Waals surface area (Å²) in [6.45, 7) is 6.08. The molecule has 0 spiro atoms. The topological polar surface area (TPSA) is 75.4 Å². The number of halogens is 1. The number of benzene rings is 1. The normalized spacial score (nSPS) is 20.2. The fraction of sp³-hybridized carbons (Fsp3) is 0.452. The fourth-order valence-corrected chi connectivity index (χ4v) is 5.67. The molecule has 5 rings (SSSR count). The third-order valence-corrected chi connectivity index (χ3v) is 7.84. The van der Waals surface area contributed by atoms with E-state index in [2.05, 4.69) is 26.7 Å². The minimum Gasteiger partial charge on any atom is -0.336 e. The SMILES string of the molecule is CCc1ncnc(-c2ccc(C(=O)N3CCN(CC4CCCCC4)CC3)c(F)c2)c1C#CC1=CC(N)C=C1. The molecule has 2 aliphatic carbocycles. The number of amides is 1. The van der Waals surface area contributed by atoms with Gasteiger partial charge in [0, 0.05) is 49.9 Å². The van der Waals surface area contributed by atoms with Gasteiger partial charge in [0.1, 0.15) is 12.1 Å². The molecule has 1 saturated carbocycles. The molecule has 0 bridgehead atoms. The molecule has 2 fully saturated rings. The average molecular weight is 514 g/mol. The Labute approximate surface area is 224 Å². The quantitative estimate of drug-likeness (QED) is 0.602. The Bertz CT molecular complexity index is 1290. The molecular weight excluding hydrogens is 477 g/mol. The number of hydrogen-bond donors (Lipinski definition) is 1. The Morgan fingerprint density at radius 2 is 1.89 bits per heavy atom. The minimum absolute atomic E-state index is 0.0992. The summed E-state index contributed by atoms with van der Waals surface area (Å²) in [6.07, 6.45) is 14.5. The van der Waals surface area contributed by atoms with Crippen LogP contribution in [0.1, 0.15) is 60.6 Å². The molecule has 2 aromatic rings. The standard InChI is InChI=1S/C31H36FN5O/c1-2-29-27(12-9-22-8-11-25(33)18-22)30(35-21-34-29)24-10-13-26(28(32)19-24)31(38)37-16-14-36(15-17-37)20-23-6-4-3-5-7-23/h8,10-11,13,18-19,21,23,25H,2-7,14-17,20,33H2,1H3. The van der Waals surface area contributed by atoms with Gasteiger partial charge >= 0.3 is 0 Å². The number of piperazine rings is 1. The number of aryl methyl sites for hydroxylation is 1. The highest BCUT2D eigenvalue weighted by atomic mass is 19.1.